The highest BCUT2D eigenvalue weighted by Crippen LogP contribution is 2.21. The van der Waals surface area contributed by atoms with E-state index < -0.39 is 0 Å². The SMILES string of the molecule is COc1ccc(N=C(N)SCc2ccc(SC)cc2)cc1. The molecule has 0 fully saturated rings. The Morgan fingerprint density at radius 2 is 1.76 bits per heavy atom. The second-order valence-corrected chi connectivity index (χ2v) is 6.16. The fourth-order valence-corrected chi connectivity index (χ4v) is 2.78. The average Bonchev–Trinajstić information content (AvgIpc) is 2.54. The number of thioether (sulfide) groups is 2. The first-order valence-corrected chi connectivity index (χ1v) is 8.66. The van der Waals surface area contributed by atoms with Crippen LogP contribution in [0, 0.1) is 0 Å². The maximum absolute atomic E-state index is 5.96. The lowest BCUT2D eigenvalue weighted by atomic mass is 10.2. The summed E-state index contributed by atoms with van der Waals surface area (Å²) >= 11 is 3.28. The van der Waals surface area contributed by atoms with E-state index in [9.17, 15) is 0 Å². The number of nitrogens with two attached hydrogens (primary N) is 1. The van der Waals surface area contributed by atoms with Gasteiger partial charge in [-0.15, -0.1) is 11.8 Å². The molecule has 0 bridgehead atoms. The van der Waals surface area contributed by atoms with Crippen molar-refractivity contribution in [2.24, 2.45) is 10.7 Å². The van der Waals surface area contributed by atoms with Crippen LogP contribution in [0.4, 0.5) is 5.69 Å². The molecule has 0 saturated carbocycles. The zero-order chi connectivity index (χ0) is 15.1. The van der Waals surface area contributed by atoms with Gasteiger partial charge in [0.05, 0.1) is 12.8 Å². The number of methoxy groups -OCH3 is 1. The summed E-state index contributed by atoms with van der Waals surface area (Å²) in [5, 5.41) is 0.564. The standard InChI is InChI=1S/C16H18N2OS2/c1-19-14-7-5-13(6-8-14)18-16(17)21-11-12-3-9-15(20-2)10-4-12/h3-10H,11H2,1-2H3,(H2,17,18). The van der Waals surface area contributed by atoms with Crippen LogP contribution in [-0.2, 0) is 5.75 Å². The maximum atomic E-state index is 5.96. The van der Waals surface area contributed by atoms with E-state index in [1.807, 2.05) is 24.3 Å². The number of hydrogen-bond donors (Lipinski definition) is 1. The molecule has 0 unspecified atom stereocenters. The minimum absolute atomic E-state index is 0.564. The lowest BCUT2D eigenvalue weighted by Gasteiger charge is -2.03. The van der Waals surface area contributed by atoms with Gasteiger partial charge in [-0.1, -0.05) is 23.9 Å². The van der Waals surface area contributed by atoms with Gasteiger partial charge in [-0.2, -0.15) is 0 Å². The van der Waals surface area contributed by atoms with Crippen molar-refractivity contribution in [3.8, 4) is 5.75 Å². The topological polar surface area (TPSA) is 47.6 Å². The predicted octanol–water partition coefficient (Wildman–Crippen LogP) is 4.30. The molecule has 2 aromatic carbocycles. The number of ether oxygens (including phenoxy) is 1. The van der Waals surface area contributed by atoms with Crippen LogP contribution in [0.1, 0.15) is 5.56 Å². The van der Waals surface area contributed by atoms with E-state index in [1.165, 1.54) is 22.2 Å². The molecule has 110 valence electrons. The summed E-state index contributed by atoms with van der Waals surface area (Å²) in [4.78, 5) is 5.65. The Labute approximate surface area is 134 Å². The summed E-state index contributed by atoms with van der Waals surface area (Å²) in [6.45, 7) is 0. The summed E-state index contributed by atoms with van der Waals surface area (Å²) in [6, 6.07) is 16.0. The third-order valence-electron chi connectivity index (χ3n) is 2.86. The van der Waals surface area contributed by atoms with Gasteiger partial charge in [0.1, 0.15) is 5.75 Å². The smallest absolute Gasteiger partial charge is 0.159 e. The number of aliphatic imine (C=N–C) groups is 1. The van der Waals surface area contributed by atoms with Crippen molar-refractivity contribution in [2.45, 2.75) is 10.6 Å². The van der Waals surface area contributed by atoms with Gasteiger partial charge in [0.15, 0.2) is 5.17 Å². The molecule has 3 nitrogen and oxygen atoms in total. The van der Waals surface area contributed by atoms with Crippen LogP contribution < -0.4 is 10.5 Å². The molecule has 0 amide bonds. The minimum Gasteiger partial charge on any atom is -0.497 e. The van der Waals surface area contributed by atoms with Gasteiger partial charge in [-0.05, 0) is 48.2 Å². The zero-order valence-electron chi connectivity index (χ0n) is 12.1. The number of amidine groups is 1. The summed E-state index contributed by atoms with van der Waals surface area (Å²) < 4.78 is 5.11. The van der Waals surface area contributed by atoms with Crippen molar-refractivity contribution < 1.29 is 4.74 Å². The Balaban J connectivity index is 1.93. The maximum Gasteiger partial charge on any atom is 0.159 e. The van der Waals surface area contributed by atoms with Crippen LogP contribution in [0.3, 0.4) is 0 Å². The molecular formula is C16H18N2OS2. The number of hydrogen-bond acceptors (Lipinski definition) is 4. The zero-order valence-corrected chi connectivity index (χ0v) is 13.7. The van der Waals surface area contributed by atoms with E-state index in [0.717, 1.165) is 17.2 Å². The van der Waals surface area contributed by atoms with Crippen LogP contribution in [-0.4, -0.2) is 18.5 Å². The van der Waals surface area contributed by atoms with Crippen LogP contribution in [0.15, 0.2) is 58.4 Å². The third kappa shape index (κ3) is 5.02. The quantitative estimate of drug-likeness (QED) is 0.507. The fraction of sp³-hybridized carbons (Fsp3) is 0.188. The van der Waals surface area contributed by atoms with Crippen LogP contribution >= 0.6 is 23.5 Å². The van der Waals surface area contributed by atoms with Crippen molar-refractivity contribution >= 4 is 34.4 Å². The van der Waals surface area contributed by atoms with Crippen molar-refractivity contribution in [1.82, 2.24) is 0 Å². The molecule has 2 aromatic rings. The first-order chi connectivity index (χ1) is 10.2. The van der Waals surface area contributed by atoms with Crippen molar-refractivity contribution in [3.63, 3.8) is 0 Å². The number of nitrogens with zero attached hydrogens (tertiary/aromatic N) is 1. The number of benzene rings is 2. The Morgan fingerprint density at radius 3 is 2.33 bits per heavy atom. The molecule has 0 saturated heterocycles. The van der Waals surface area contributed by atoms with Gasteiger partial charge < -0.3 is 10.5 Å². The van der Waals surface area contributed by atoms with Crippen molar-refractivity contribution in [3.05, 3.63) is 54.1 Å². The number of rotatable bonds is 5. The highest BCUT2D eigenvalue weighted by molar-refractivity contribution is 8.13. The molecule has 0 aliphatic heterocycles. The summed E-state index contributed by atoms with van der Waals surface area (Å²) in [5.41, 5.74) is 8.03. The van der Waals surface area contributed by atoms with Gasteiger partial charge in [0, 0.05) is 10.6 Å². The largest absolute Gasteiger partial charge is 0.497 e. The summed E-state index contributed by atoms with van der Waals surface area (Å²) in [5.74, 6) is 1.63. The van der Waals surface area contributed by atoms with E-state index in [0.29, 0.717) is 5.17 Å². The molecule has 0 spiro atoms. The van der Waals surface area contributed by atoms with E-state index in [2.05, 4.69) is 35.5 Å². The molecule has 2 N–H and O–H groups in total. The van der Waals surface area contributed by atoms with Gasteiger partial charge in [-0.3, -0.25) is 0 Å². The van der Waals surface area contributed by atoms with Gasteiger partial charge >= 0.3 is 0 Å². The Bertz CT molecular complexity index is 595. The Kier molecular flexibility index (Phi) is 6.02. The second-order valence-electron chi connectivity index (χ2n) is 4.28. The first-order valence-electron chi connectivity index (χ1n) is 6.45. The monoisotopic (exact) mass is 318 g/mol. The average molecular weight is 318 g/mol. The van der Waals surface area contributed by atoms with Crippen LogP contribution in [0.25, 0.3) is 0 Å². The lowest BCUT2D eigenvalue weighted by Crippen LogP contribution is -2.06. The summed E-state index contributed by atoms with van der Waals surface area (Å²) in [7, 11) is 1.64. The van der Waals surface area contributed by atoms with E-state index in [-0.39, 0.29) is 0 Å². The van der Waals surface area contributed by atoms with Crippen LogP contribution in [0.5, 0.6) is 5.75 Å². The van der Waals surface area contributed by atoms with Gasteiger partial charge in [-0.25, -0.2) is 4.99 Å². The van der Waals surface area contributed by atoms with Crippen molar-refractivity contribution in [2.75, 3.05) is 13.4 Å². The highest BCUT2D eigenvalue weighted by atomic mass is 32.2. The fourth-order valence-electron chi connectivity index (χ4n) is 1.70. The normalized spacial score (nSPS) is 11.4. The molecule has 0 aliphatic rings. The summed E-state index contributed by atoms with van der Waals surface area (Å²) in [6.07, 6.45) is 2.07. The van der Waals surface area contributed by atoms with Gasteiger partial charge in [0.2, 0.25) is 0 Å². The Morgan fingerprint density at radius 1 is 1.10 bits per heavy atom. The molecule has 0 atom stereocenters. The third-order valence-corrected chi connectivity index (χ3v) is 4.47. The molecule has 0 radical (unpaired) electrons. The molecule has 5 heteroatoms. The molecule has 0 aromatic heterocycles. The molecule has 0 heterocycles. The molecule has 2 rings (SSSR count). The van der Waals surface area contributed by atoms with Crippen LogP contribution in [0.2, 0.25) is 0 Å². The van der Waals surface area contributed by atoms with E-state index in [1.54, 1.807) is 18.9 Å². The Hall–Kier alpha value is -1.59. The minimum atomic E-state index is 0.564. The van der Waals surface area contributed by atoms with E-state index >= 15 is 0 Å². The first kappa shape index (κ1) is 15.8. The van der Waals surface area contributed by atoms with Gasteiger partial charge in [0.25, 0.3) is 0 Å². The van der Waals surface area contributed by atoms with E-state index in [4.69, 9.17) is 10.5 Å². The molecular weight excluding hydrogens is 300 g/mol. The second kappa shape index (κ2) is 8.00. The molecule has 21 heavy (non-hydrogen) atoms. The lowest BCUT2D eigenvalue weighted by molar-refractivity contribution is 0.415. The predicted molar refractivity (Wildman–Crippen MR) is 93.8 cm³/mol. The highest BCUT2D eigenvalue weighted by Gasteiger charge is 1.99. The van der Waals surface area contributed by atoms with Crippen molar-refractivity contribution in [1.29, 1.82) is 0 Å². The molecule has 0 aliphatic carbocycles.